The van der Waals surface area contributed by atoms with Gasteiger partial charge in [-0.3, -0.25) is 4.79 Å². The van der Waals surface area contributed by atoms with Crippen LogP contribution in [0.1, 0.15) is 20.9 Å². The maximum absolute atomic E-state index is 12.3. The summed E-state index contributed by atoms with van der Waals surface area (Å²) in [5.41, 5.74) is 1.16. The van der Waals surface area contributed by atoms with Crippen LogP contribution in [-0.2, 0) is 16.1 Å². The Kier molecular flexibility index (Phi) is 5.00. The molecule has 0 aliphatic carbocycles. The zero-order valence-corrected chi connectivity index (χ0v) is 15.2. The number of rotatable bonds is 5. The molecule has 0 aliphatic heterocycles. The van der Waals surface area contributed by atoms with Crippen LogP contribution in [-0.4, -0.2) is 45.0 Å². The maximum Gasteiger partial charge on any atom is 0.344 e. The summed E-state index contributed by atoms with van der Waals surface area (Å²) in [4.78, 5) is 31.1. The van der Waals surface area contributed by atoms with Gasteiger partial charge in [0.2, 0.25) is 0 Å². The third kappa shape index (κ3) is 3.80. The fraction of sp³-hybridized carbons (Fsp3) is 0.250. The lowest BCUT2D eigenvalue weighted by Gasteiger charge is -2.16. The van der Waals surface area contributed by atoms with Gasteiger partial charge in [0.15, 0.2) is 12.3 Å². The Morgan fingerprint density at radius 2 is 2.20 bits per heavy atom. The third-order valence-electron chi connectivity index (χ3n) is 3.55. The molecule has 0 spiro atoms. The van der Waals surface area contributed by atoms with Gasteiger partial charge in [0, 0.05) is 24.3 Å². The van der Waals surface area contributed by atoms with Gasteiger partial charge in [0.1, 0.15) is 5.56 Å². The Bertz CT molecular complexity index is 937. The first kappa shape index (κ1) is 17.4. The molecule has 3 aromatic rings. The highest BCUT2D eigenvalue weighted by Crippen LogP contribution is 2.22. The largest absolute Gasteiger partial charge is 0.452 e. The van der Waals surface area contributed by atoms with Gasteiger partial charge in [-0.15, -0.1) is 11.3 Å². The summed E-state index contributed by atoms with van der Waals surface area (Å²) in [6, 6.07) is 5.35. The number of hydrogen-bond donors (Lipinski definition) is 0. The number of hydrogen-bond acceptors (Lipinski definition) is 6. The number of carbonyl (C=O) groups is 2. The number of fused-ring (bicyclic) bond motifs is 1. The number of likely N-dealkylation sites (N-methyl/N-ethyl adjacent to an activating group) is 1. The zero-order valence-electron chi connectivity index (χ0n) is 13.6. The highest BCUT2D eigenvalue weighted by Gasteiger charge is 2.21. The Balaban J connectivity index is 1.63. The molecule has 0 unspecified atom stereocenters. The van der Waals surface area contributed by atoms with E-state index in [0.29, 0.717) is 22.2 Å². The fourth-order valence-corrected chi connectivity index (χ4v) is 3.45. The van der Waals surface area contributed by atoms with Crippen LogP contribution in [0, 0.1) is 6.92 Å². The first-order chi connectivity index (χ1) is 12.0. The van der Waals surface area contributed by atoms with Crippen molar-refractivity contribution >= 4 is 40.5 Å². The minimum atomic E-state index is -0.618. The van der Waals surface area contributed by atoms with Gasteiger partial charge in [-0.25, -0.2) is 14.3 Å². The Labute approximate surface area is 152 Å². The summed E-state index contributed by atoms with van der Waals surface area (Å²) in [7, 11) is 1.64. The monoisotopic (exact) mass is 378 g/mol. The first-order valence-electron chi connectivity index (χ1n) is 7.41. The average molecular weight is 379 g/mol. The Hall–Kier alpha value is -2.45. The van der Waals surface area contributed by atoms with Crippen LogP contribution in [0.5, 0.6) is 0 Å². The molecule has 0 atom stereocenters. The quantitative estimate of drug-likeness (QED) is 0.638. The van der Waals surface area contributed by atoms with Crippen molar-refractivity contribution < 1.29 is 14.3 Å². The molecule has 9 heteroatoms. The highest BCUT2D eigenvalue weighted by molar-refractivity contribution is 7.16. The van der Waals surface area contributed by atoms with Crippen LogP contribution in [0.25, 0.3) is 5.65 Å². The van der Waals surface area contributed by atoms with Crippen LogP contribution in [0.3, 0.4) is 0 Å². The molecule has 0 aromatic carbocycles. The summed E-state index contributed by atoms with van der Waals surface area (Å²) in [6.07, 6.45) is 3.26. The van der Waals surface area contributed by atoms with Crippen molar-refractivity contribution in [3.63, 3.8) is 0 Å². The second-order valence-electron chi connectivity index (χ2n) is 5.38. The van der Waals surface area contributed by atoms with Crippen LogP contribution >= 0.6 is 22.9 Å². The van der Waals surface area contributed by atoms with Crippen molar-refractivity contribution in [2.75, 3.05) is 13.7 Å². The number of esters is 1. The van der Waals surface area contributed by atoms with Crippen molar-refractivity contribution in [2.24, 2.45) is 0 Å². The highest BCUT2D eigenvalue weighted by atomic mass is 35.5. The van der Waals surface area contributed by atoms with Crippen molar-refractivity contribution in [1.29, 1.82) is 0 Å². The molecule has 0 fully saturated rings. The molecule has 3 aromatic heterocycles. The number of nitrogens with zero attached hydrogens (tertiary/aromatic N) is 4. The van der Waals surface area contributed by atoms with E-state index in [1.54, 1.807) is 38.5 Å². The minimum Gasteiger partial charge on any atom is -0.452 e. The molecule has 0 radical (unpaired) electrons. The van der Waals surface area contributed by atoms with Gasteiger partial charge >= 0.3 is 5.97 Å². The summed E-state index contributed by atoms with van der Waals surface area (Å²) in [5.74, 6) is -0.924. The molecule has 25 heavy (non-hydrogen) atoms. The average Bonchev–Trinajstić information content (AvgIpc) is 3.14. The fourth-order valence-electron chi connectivity index (χ4n) is 2.30. The normalized spacial score (nSPS) is 10.8. The van der Waals surface area contributed by atoms with E-state index in [4.69, 9.17) is 16.3 Å². The predicted octanol–water partition coefficient (Wildman–Crippen LogP) is 2.57. The zero-order chi connectivity index (χ0) is 18.0. The lowest BCUT2D eigenvalue weighted by molar-refractivity contribution is -0.133. The Morgan fingerprint density at radius 3 is 2.92 bits per heavy atom. The molecule has 0 saturated heterocycles. The Morgan fingerprint density at radius 1 is 1.40 bits per heavy atom. The second kappa shape index (κ2) is 7.20. The van der Waals surface area contributed by atoms with E-state index in [9.17, 15) is 9.59 Å². The van der Waals surface area contributed by atoms with E-state index in [1.165, 1.54) is 20.8 Å². The van der Waals surface area contributed by atoms with Gasteiger partial charge in [0.25, 0.3) is 5.91 Å². The van der Waals surface area contributed by atoms with Gasteiger partial charge in [-0.1, -0.05) is 11.6 Å². The van der Waals surface area contributed by atoms with Crippen LogP contribution in [0.15, 0.2) is 30.6 Å². The number of aromatic nitrogens is 3. The van der Waals surface area contributed by atoms with Crippen molar-refractivity contribution in [3.8, 4) is 0 Å². The van der Waals surface area contributed by atoms with Crippen LogP contribution in [0.4, 0.5) is 0 Å². The van der Waals surface area contributed by atoms with Crippen molar-refractivity contribution in [1.82, 2.24) is 19.5 Å². The molecule has 0 saturated carbocycles. The lowest BCUT2D eigenvalue weighted by Crippen LogP contribution is -2.30. The first-order valence-corrected chi connectivity index (χ1v) is 8.60. The molecular formula is C16H15ClN4O3S. The second-order valence-corrected chi connectivity index (χ2v) is 7.18. The molecule has 130 valence electrons. The van der Waals surface area contributed by atoms with Gasteiger partial charge < -0.3 is 9.64 Å². The van der Waals surface area contributed by atoms with E-state index in [0.717, 1.165) is 4.88 Å². The van der Waals surface area contributed by atoms with E-state index >= 15 is 0 Å². The molecule has 3 rings (SSSR count). The molecule has 3 heterocycles. The maximum atomic E-state index is 12.3. The SMILES string of the molecule is Cc1nn2cccnc2c1C(=O)OCC(=O)N(C)Cc1ccc(Cl)s1. The predicted molar refractivity (Wildman–Crippen MR) is 93.8 cm³/mol. The summed E-state index contributed by atoms with van der Waals surface area (Å²) in [5, 5.41) is 4.20. The summed E-state index contributed by atoms with van der Waals surface area (Å²) < 4.78 is 7.32. The summed E-state index contributed by atoms with van der Waals surface area (Å²) >= 11 is 7.28. The molecular weight excluding hydrogens is 364 g/mol. The molecule has 1 amide bonds. The summed E-state index contributed by atoms with van der Waals surface area (Å²) in [6.45, 7) is 1.75. The van der Waals surface area contributed by atoms with Crippen molar-refractivity contribution in [2.45, 2.75) is 13.5 Å². The number of carbonyl (C=O) groups excluding carboxylic acids is 2. The minimum absolute atomic E-state index is 0.265. The molecule has 7 nitrogen and oxygen atoms in total. The van der Waals surface area contributed by atoms with Crippen LogP contribution in [0.2, 0.25) is 4.34 Å². The molecule has 0 N–H and O–H groups in total. The molecule has 0 aliphatic rings. The van der Waals surface area contributed by atoms with Gasteiger partial charge in [-0.2, -0.15) is 5.10 Å². The van der Waals surface area contributed by atoms with E-state index in [2.05, 4.69) is 10.1 Å². The number of thiophene rings is 1. The van der Waals surface area contributed by atoms with E-state index < -0.39 is 5.97 Å². The number of aryl methyl sites for hydroxylation is 1. The van der Waals surface area contributed by atoms with E-state index in [1.807, 2.05) is 6.07 Å². The molecule has 0 bridgehead atoms. The van der Waals surface area contributed by atoms with Crippen molar-refractivity contribution in [3.05, 3.63) is 51.1 Å². The smallest absolute Gasteiger partial charge is 0.344 e. The topological polar surface area (TPSA) is 76.8 Å². The van der Waals surface area contributed by atoms with E-state index in [-0.39, 0.29) is 18.1 Å². The third-order valence-corrected chi connectivity index (χ3v) is 4.76. The van der Waals surface area contributed by atoms with Gasteiger partial charge in [-0.05, 0) is 25.1 Å². The number of ether oxygens (including phenoxy) is 1. The van der Waals surface area contributed by atoms with Gasteiger partial charge in [0.05, 0.1) is 16.6 Å². The standard InChI is InChI=1S/C16H15ClN4O3S/c1-10-14(15-18-6-3-7-21(15)19-10)16(23)24-9-13(22)20(2)8-11-4-5-12(17)25-11/h3-7H,8-9H2,1-2H3. The number of amides is 1. The lowest BCUT2D eigenvalue weighted by atomic mass is 10.2. The number of halogens is 1. The van der Waals surface area contributed by atoms with Crippen LogP contribution < -0.4 is 0 Å².